The van der Waals surface area contributed by atoms with Crippen LogP contribution in [0.2, 0.25) is 0 Å². The number of fused-ring (bicyclic) bond motifs is 1. The van der Waals surface area contributed by atoms with Crippen molar-refractivity contribution in [3.05, 3.63) is 71.9 Å². The minimum atomic E-state index is -0.00849. The van der Waals surface area contributed by atoms with Gasteiger partial charge in [-0.2, -0.15) is 0 Å². The van der Waals surface area contributed by atoms with Gasteiger partial charge in [0.25, 0.3) is 0 Å². The first-order valence-electron chi connectivity index (χ1n) is 8.19. The van der Waals surface area contributed by atoms with Gasteiger partial charge in [0, 0.05) is 33.9 Å². The maximum atomic E-state index is 12.1. The van der Waals surface area contributed by atoms with Crippen LogP contribution in [0.3, 0.4) is 0 Å². The van der Waals surface area contributed by atoms with Crippen LogP contribution in [0, 0.1) is 6.92 Å². The highest BCUT2D eigenvalue weighted by Gasteiger charge is 2.07. The highest BCUT2D eigenvalue weighted by Crippen LogP contribution is 2.23. The SMILES string of the molecule is Cc1ccc(SCC(=O)Nc2ccc(-c3cn4ccsc4n3)cc2)cc1. The van der Waals surface area contributed by atoms with E-state index in [0.717, 1.165) is 26.8 Å². The molecule has 0 atom stereocenters. The van der Waals surface area contributed by atoms with E-state index in [1.807, 2.05) is 58.6 Å². The van der Waals surface area contributed by atoms with Crippen LogP contribution in [0.1, 0.15) is 5.56 Å². The van der Waals surface area contributed by atoms with Crippen molar-refractivity contribution < 1.29 is 4.79 Å². The fourth-order valence-corrected chi connectivity index (χ4v) is 3.97. The summed E-state index contributed by atoms with van der Waals surface area (Å²) in [7, 11) is 0. The molecule has 0 aliphatic carbocycles. The van der Waals surface area contributed by atoms with Gasteiger partial charge in [0.15, 0.2) is 4.96 Å². The zero-order valence-corrected chi connectivity index (χ0v) is 15.8. The number of hydrogen-bond donors (Lipinski definition) is 1. The second-order valence-electron chi connectivity index (χ2n) is 5.95. The van der Waals surface area contributed by atoms with Crippen LogP contribution in [-0.4, -0.2) is 21.0 Å². The zero-order valence-electron chi connectivity index (χ0n) is 14.2. The van der Waals surface area contributed by atoms with Crippen LogP contribution in [0.5, 0.6) is 0 Å². The van der Waals surface area contributed by atoms with Gasteiger partial charge in [0.2, 0.25) is 5.91 Å². The molecule has 2 heterocycles. The van der Waals surface area contributed by atoms with E-state index in [4.69, 9.17) is 0 Å². The molecular formula is C20H17N3OS2. The predicted octanol–water partition coefficient (Wildman–Crippen LogP) is 5.10. The normalized spacial score (nSPS) is 11.0. The Kier molecular flexibility index (Phi) is 4.77. The lowest BCUT2D eigenvalue weighted by Crippen LogP contribution is -2.13. The van der Waals surface area contributed by atoms with E-state index in [1.165, 1.54) is 17.3 Å². The second kappa shape index (κ2) is 7.35. The maximum Gasteiger partial charge on any atom is 0.234 e. The molecule has 4 nitrogen and oxygen atoms in total. The van der Waals surface area contributed by atoms with E-state index < -0.39 is 0 Å². The molecule has 0 radical (unpaired) electrons. The summed E-state index contributed by atoms with van der Waals surface area (Å²) in [6, 6.07) is 16.0. The Morgan fingerprint density at radius 2 is 1.92 bits per heavy atom. The Labute approximate surface area is 159 Å². The molecule has 26 heavy (non-hydrogen) atoms. The number of aryl methyl sites for hydroxylation is 1. The summed E-state index contributed by atoms with van der Waals surface area (Å²) in [5.74, 6) is 0.383. The summed E-state index contributed by atoms with van der Waals surface area (Å²) in [6.45, 7) is 2.05. The van der Waals surface area contributed by atoms with E-state index in [9.17, 15) is 4.79 Å². The van der Waals surface area contributed by atoms with Crippen molar-refractivity contribution in [3.63, 3.8) is 0 Å². The molecule has 4 rings (SSSR count). The highest BCUT2D eigenvalue weighted by molar-refractivity contribution is 8.00. The average Bonchev–Trinajstić information content (AvgIpc) is 3.24. The lowest BCUT2D eigenvalue weighted by atomic mass is 10.1. The molecular weight excluding hydrogens is 362 g/mol. The lowest BCUT2D eigenvalue weighted by Gasteiger charge is -2.06. The number of thioether (sulfide) groups is 1. The number of nitrogens with one attached hydrogen (secondary N) is 1. The molecule has 0 bridgehead atoms. The van der Waals surface area contributed by atoms with Crippen molar-refractivity contribution in [1.29, 1.82) is 0 Å². The van der Waals surface area contributed by atoms with Crippen LogP contribution >= 0.6 is 23.1 Å². The van der Waals surface area contributed by atoms with Crippen LogP contribution < -0.4 is 5.32 Å². The molecule has 0 aliphatic rings. The summed E-state index contributed by atoms with van der Waals surface area (Å²) in [4.78, 5) is 18.8. The molecule has 0 saturated carbocycles. The fraction of sp³-hybridized carbons (Fsp3) is 0.100. The van der Waals surface area contributed by atoms with Crippen molar-refractivity contribution in [2.24, 2.45) is 0 Å². The van der Waals surface area contributed by atoms with Crippen LogP contribution in [0.4, 0.5) is 5.69 Å². The first-order valence-corrected chi connectivity index (χ1v) is 10.1. The summed E-state index contributed by atoms with van der Waals surface area (Å²) >= 11 is 3.15. The van der Waals surface area contributed by atoms with Crippen molar-refractivity contribution in [2.75, 3.05) is 11.1 Å². The Bertz CT molecular complexity index is 1000. The standard InChI is InChI=1S/C20H17N3OS2/c1-14-2-8-17(9-3-14)26-13-19(24)21-16-6-4-15(5-7-16)18-12-23-10-11-25-20(23)22-18/h2-12H,13H2,1H3,(H,21,24). The maximum absolute atomic E-state index is 12.1. The molecule has 2 aromatic carbocycles. The van der Waals surface area contributed by atoms with Gasteiger partial charge in [0.05, 0.1) is 11.4 Å². The van der Waals surface area contributed by atoms with Crippen molar-refractivity contribution in [1.82, 2.24) is 9.38 Å². The van der Waals surface area contributed by atoms with Crippen LogP contribution in [0.15, 0.2) is 71.2 Å². The van der Waals surface area contributed by atoms with Gasteiger partial charge in [-0.05, 0) is 31.2 Å². The van der Waals surface area contributed by atoms with Gasteiger partial charge < -0.3 is 5.32 Å². The third-order valence-electron chi connectivity index (χ3n) is 3.95. The molecule has 0 aliphatic heterocycles. The molecule has 0 spiro atoms. The Morgan fingerprint density at radius 1 is 1.15 bits per heavy atom. The number of amides is 1. The number of nitrogens with zero attached hydrogens (tertiary/aromatic N) is 2. The van der Waals surface area contributed by atoms with E-state index in [1.54, 1.807) is 11.3 Å². The lowest BCUT2D eigenvalue weighted by molar-refractivity contribution is -0.113. The first-order chi connectivity index (χ1) is 12.7. The van der Waals surface area contributed by atoms with E-state index in [2.05, 4.69) is 29.4 Å². The molecule has 4 aromatic rings. The van der Waals surface area contributed by atoms with Gasteiger partial charge in [0.1, 0.15) is 0 Å². The highest BCUT2D eigenvalue weighted by atomic mass is 32.2. The van der Waals surface area contributed by atoms with Gasteiger partial charge in [-0.1, -0.05) is 29.8 Å². The Morgan fingerprint density at radius 3 is 2.65 bits per heavy atom. The molecule has 1 N–H and O–H groups in total. The zero-order chi connectivity index (χ0) is 17.9. The molecule has 0 fully saturated rings. The predicted molar refractivity (Wildman–Crippen MR) is 109 cm³/mol. The Balaban J connectivity index is 1.36. The quantitative estimate of drug-likeness (QED) is 0.491. The number of thiazole rings is 1. The third-order valence-corrected chi connectivity index (χ3v) is 5.73. The van der Waals surface area contributed by atoms with Gasteiger partial charge in [-0.15, -0.1) is 23.1 Å². The average molecular weight is 380 g/mol. The van der Waals surface area contributed by atoms with E-state index >= 15 is 0 Å². The molecule has 6 heteroatoms. The first kappa shape index (κ1) is 16.9. The topological polar surface area (TPSA) is 46.4 Å². The number of carbonyl (C=O) groups excluding carboxylic acids is 1. The van der Waals surface area contributed by atoms with Crippen LogP contribution in [-0.2, 0) is 4.79 Å². The number of imidazole rings is 1. The number of hydrogen-bond acceptors (Lipinski definition) is 4. The monoisotopic (exact) mass is 379 g/mol. The van der Waals surface area contributed by atoms with Gasteiger partial charge >= 0.3 is 0 Å². The van der Waals surface area contributed by atoms with Crippen molar-refractivity contribution in [2.45, 2.75) is 11.8 Å². The Hall–Kier alpha value is -2.57. The summed E-state index contributed by atoms with van der Waals surface area (Å²) < 4.78 is 2.01. The minimum absolute atomic E-state index is 0.00849. The van der Waals surface area contributed by atoms with Crippen molar-refractivity contribution in [3.8, 4) is 11.3 Å². The van der Waals surface area contributed by atoms with Gasteiger partial charge in [-0.3, -0.25) is 9.20 Å². The molecule has 0 unspecified atom stereocenters. The largest absolute Gasteiger partial charge is 0.325 e. The molecule has 130 valence electrons. The van der Waals surface area contributed by atoms with E-state index in [-0.39, 0.29) is 5.91 Å². The number of anilines is 1. The number of carbonyl (C=O) groups is 1. The number of benzene rings is 2. The minimum Gasteiger partial charge on any atom is -0.325 e. The smallest absolute Gasteiger partial charge is 0.234 e. The summed E-state index contributed by atoms with van der Waals surface area (Å²) in [6.07, 6.45) is 4.01. The number of rotatable bonds is 5. The summed E-state index contributed by atoms with van der Waals surface area (Å²) in [5, 5.41) is 4.95. The third kappa shape index (κ3) is 3.81. The summed E-state index contributed by atoms with van der Waals surface area (Å²) in [5.41, 5.74) is 3.98. The van der Waals surface area contributed by atoms with Gasteiger partial charge in [-0.25, -0.2) is 4.98 Å². The van der Waals surface area contributed by atoms with Crippen molar-refractivity contribution >= 4 is 39.7 Å². The molecule has 0 saturated heterocycles. The fourth-order valence-electron chi connectivity index (χ4n) is 2.57. The van der Waals surface area contributed by atoms with E-state index in [0.29, 0.717) is 5.75 Å². The molecule has 1 amide bonds. The second-order valence-corrected chi connectivity index (χ2v) is 7.87. The molecule has 2 aromatic heterocycles. The van der Waals surface area contributed by atoms with Crippen LogP contribution in [0.25, 0.3) is 16.2 Å². The number of aromatic nitrogens is 2.